The third-order valence-electron chi connectivity index (χ3n) is 3.21. The molecule has 4 aromatic rings. The summed E-state index contributed by atoms with van der Waals surface area (Å²) in [6.45, 7) is 0.273. The topological polar surface area (TPSA) is 74.7 Å². The first-order valence-corrected chi connectivity index (χ1v) is 7.67. The standard InChI is InChI=1S/C15H12N4O3S/c1-20-10-4-6-11(7-5-10)22-9-13-16-17-15-19(13)18-14(23-15)12-3-2-8-21-12/h2-8H,9H2,1H3. The van der Waals surface area contributed by atoms with Crippen LogP contribution in [0.1, 0.15) is 5.82 Å². The van der Waals surface area contributed by atoms with Crippen LogP contribution in [0.25, 0.3) is 15.7 Å². The van der Waals surface area contributed by atoms with Crippen molar-refractivity contribution in [1.29, 1.82) is 0 Å². The fourth-order valence-electron chi connectivity index (χ4n) is 2.07. The van der Waals surface area contributed by atoms with Gasteiger partial charge in [-0.1, -0.05) is 11.3 Å². The molecule has 0 atom stereocenters. The van der Waals surface area contributed by atoms with E-state index >= 15 is 0 Å². The largest absolute Gasteiger partial charge is 0.497 e. The van der Waals surface area contributed by atoms with Crippen molar-refractivity contribution in [1.82, 2.24) is 19.8 Å². The number of hydrogen-bond acceptors (Lipinski definition) is 7. The number of rotatable bonds is 5. The zero-order chi connectivity index (χ0) is 15.6. The third-order valence-corrected chi connectivity index (χ3v) is 4.13. The molecule has 3 aromatic heterocycles. The monoisotopic (exact) mass is 328 g/mol. The van der Waals surface area contributed by atoms with Crippen LogP contribution in [-0.2, 0) is 6.61 Å². The zero-order valence-electron chi connectivity index (χ0n) is 12.2. The van der Waals surface area contributed by atoms with Crippen molar-refractivity contribution in [3.8, 4) is 22.3 Å². The molecule has 0 amide bonds. The Bertz CT molecular complexity index is 912. The molecule has 23 heavy (non-hydrogen) atoms. The molecular weight excluding hydrogens is 316 g/mol. The van der Waals surface area contributed by atoms with E-state index in [2.05, 4.69) is 15.3 Å². The van der Waals surface area contributed by atoms with Crippen LogP contribution in [0.15, 0.2) is 47.1 Å². The van der Waals surface area contributed by atoms with Crippen LogP contribution in [-0.4, -0.2) is 26.9 Å². The first-order valence-electron chi connectivity index (χ1n) is 6.85. The van der Waals surface area contributed by atoms with Crippen LogP contribution in [0.2, 0.25) is 0 Å². The van der Waals surface area contributed by atoms with Gasteiger partial charge in [0.2, 0.25) is 4.96 Å². The van der Waals surface area contributed by atoms with Crippen LogP contribution in [0.5, 0.6) is 11.5 Å². The molecule has 0 bridgehead atoms. The molecule has 0 saturated heterocycles. The number of nitrogens with zero attached hydrogens (tertiary/aromatic N) is 4. The van der Waals surface area contributed by atoms with Gasteiger partial charge in [0.25, 0.3) is 0 Å². The summed E-state index contributed by atoms with van der Waals surface area (Å²) in [6.07, 6.45) is 1.62. The maximum atomic E-state index is 5.72. The minimum absolute atomic E-state index is 0.273. The SMILES string of the molecule is COc1ccc(OCc2nnc3sc(-c4ccco4)nn23)cc1. The molecule has 0 spiro atoms. The lowest BCUT2D eigenvalue weighted by molar-refractivity contribution is 0.292. The number of hydrogen-bond donors (Lipinski definition) is 0. The Morgan fingerprint density at radius 2 is 1.96 bits per heavy atom. The summed E-state index contributed by atoms with van der Waals surface area (Å²) in [5.41, 5.74) is 0. The molecule has 7 nitrogen and oxygen atoms in total. The van der Waals surface area contributed by atoms with Gasteiger partial charge >= 0.3 is 0 Å². The molecule has 0 unspecified atom stereocenters. The highest BCUT2D eigenvalue weighted by molar-refractivity contribution is 7.19. The maximum Gasteiger partial charge on any atom is 0.235 e. The van der Waals surface area contributed by atoms with Crippen LogP contribution in [0, 0.1) is 0 Å². The third kappa shape index (κ3) is 2.64. The second-order valence-corrected chi connectivity index (χ2v) is 5.62. The van der Waals surface area contributed by atoms with Crippen molar-refractivity contribution in [3.63, 3.8) is 0 Å². The van der Waals surface area contributed by atoms with Gasteiger partial charge in [-0.3, -0.25) is 0 Å². The normalized spacial score (nSPS) is 11.0. The minimum atomic E-state index is 0.273. The van der Waals surface area contributed by atoms with Gasteiger partial charge in [-0.05, 0) is 36.4 Å². The second-order valence-electron chi connectivity index (χ2n) is 4.66. The van der Waals surface area contributed by atoms with E-state index in [1.54, 1.807) is 17.9 Å². The summed E-state index contributed by atoms with van der Waals surface area (Å²) in [5.74, 6) is 2.85. The summed E-state index contributed by atoms with van der Waals surface area (Å²) < 4.78 is 17.9. The van der Waals surface area contributed by atoms with Gasteiger partial charge < -0.3 is 13.9 Å². The van der Waals surface area contributed by atoms with Gasteiger partial charge in [0.05, 0.1) is 13.4 Å². The molecule has 3 heterocycles. The van der Waals surface area contributed by atoms with Crippen LogP contribution in [0.3, 0.4) is 0 Å². The number of methoxy groups -OCH3 is 1. The van der Waals surface area contributed by atoms with Gasteiger partial charge in [0.1, 0.15) is 18.1 Å². The molecule has 0 aliphatic rings. The highest BCUT2D eigenvalue weighted by Gasteiger charge is 2.14. The number of fused-ring (bicyclic) bond motifs is 1. The molecule has 4 rings (SSSR count). The predicted octanol–water partition coefficient (Wildman–Crippen LogP) is 3.03. The Kier molecular flexibility index (Phi) is 3.43. The van der Waals surface area contributed by atoms with Crippen LogP contribution >= 0.6 is 11.3 Å². The van der Waals surface area contributed by atoms with Crippen molar-refractivity contribution >= 4 is 16.3 Å². The number of ether oxygens (including phenoxy) is 2. The number of benzene rings is 1. The Morgan fingerprint density at radius 3 is 2.70 bits per heavy atom. The van der Waals surface area contributed by atoms with Crippen LogP contribution in [0.4, 0.5) is 0 Å². The van der Waals surface area contributed by atoms with Gasteiger partial charge in [0.15, 0.2) is 16.6 Å². The van der Waals surface area contributed by atoms with Crippen molar-refractivity contribution in [2.45, 2.75) is 6.61 Å². The first-order chi connectivity index (χ1) is 11.3. The molecule has 0 fully saturated rings. The average Bonchev–Trinajstić information content (AvgIpc) is 3.30. The summed E-state index contributed by atoms with van der Waals surface area (Å²) in [7, 11) is 1.63. The highest BCUT2D eigenvalue weighted by atomic mass is 32.1. The molecule has 116 valence electrons. The Morgan fingerprint density at radius 1 is 1.13 bits per heavy atom. The van der Waals surface area contributed by atoms with E-state index in [0.717, 1.165) is 16.5 Å². The summed E-state index contributed by atoms with van der Waals surface area (Å²) in [4.78, 5) is 0.699. The van der Waals surface area contributed by atoms with Gasteiger partial charge in [-0.25, -0.2) is 0 Å². The van der Waals surface area contributed by atoms with E-state index in [9.17, 15) is 0 Å². The molecule has 8 heteroatoms. The highest BCUT2D eigenvalue weighted by Crippen LogP contribution is 2.26. The van der Waals surface area contributed by atoms with Gasteiger partial charge in [-0.15, -0.1) is 15.3 Å². The smallest absolute Gasteiger partial charge is 0.235 e. The van der Waals surface area contributed by atoms with E-state index in [1.165, 1.54) is 11.3 Å². The van der Waals surface area contributed by atoms with Crippen LogP contribution < -0.4 is 9.47 Å². The summed E-state index contributed by atoms with van der Waals surface area (Å²) in [5, 5.41) is 13.4. The van der Waals surface area contributed by atoms with E-state index in [-0.39, 0.29) is 6.61 Å². The Labute approximate surface area is 135 Å². The molecule has 0 aliphatic carbocycles. The van der Waals surface area contributed by atoms with Crippen molar-refractivity contribution in [2.75, 3.05) is 7.11 Å². The summed E-state index contributed by atoms with van der Waals surface area (Å²) >= 11 is 1.41. The lowest BCUT2D eigenvalue weighted by Crippen LogP contribution is -2.02. The maximum absolute atomic E-state index is 5.72. The zero-order valence-corrected chi connectivity index (χ0v) is 13.0. The average molecular weight is 328 g/mol. The Hall–Kier alpha value is -2.87. The molecule has 1 aromatic carbocycles. The number of aromatic nitrogens is 4. The molecule has 0 radical (unpaired) electrons. The fourth-order valence-corrected chi connectivity index (χ4v) is 2.89. The van der Waals surface area contributed by atoms with E-state index < -0.39 is 0 Å². The van der Waals surface area contributed by atoms with Crippen molar-refractivity contribution in [3.05, 3.63) is 48.5 Å². The lowest BCUT2D eigenvalue weighted by Gasteiger charge is -2.05. The molecule has 0 saturated carbocycles. The minimum Gasteiger partial charge on any atom is -0.497 e. The lowest BCUT2D eigenvalue weighted by atomic mass is 10.3. The molecular formula is C15H12N4O3S. The predicted molar refractivity (Wildman–Crippen MR) is 83.7 cm³/mol. The number of furan rings is 1. The fraction of sp³-hybridized carbons (Fsp3) is 0.133. The van der Waals surface area contributed by atoms with E-state index in [1.807, 2.05) is 36.4 Å². The van der Waals surface area contributed by atoms with E-state index in [0.29, 0.717) is 16.5 Å². The van der Waals surface area contributed by atoms with Crippen molar-refractivity contribution < 1.29 is 13.9 Å². The second kappa shape index (κ2) is 5.73. The first kappa shape index (κ1) is 13.8. The quantitative estimate of drug-likeness (QED) is 0.560. The van der Waals surface area contributed by atoms with Gasteiger partial charge in [-0.2, -0.15) is 4.52 Å². The summed E-state index contributed by atoms with van der Waals surface area (Å²) in [6, 6.07) is 11.0. The van der Waals surface area contributed by atoms with Gasteiger partial charge in [0, 0.05) is 0 Å². The molecule has 0 aliphatic heterocycles. The van der Waals surface area contributed by atoms with E-state index in [4.69, 9.17) is 13.9 Å². The Balaban J connectivity index is 1.54. The molecule has 0 N–H and O–H groups in total. The van der Waals surface area contributed by atoms with Crippen molar-refractivity contribution in [2.24, 2.45) is 0 Å².